The van der Waals surface area contributed by atoms with Crippen molar-refractivity contribution in [1.29, 1.82) is 0 Å². The first-order valence-corrected chi connectivity index (χ1v) is 7.06. The standard InChI is InChI=1S/C15H17FN2O/c16-11-4-1-3-10(9-11)13-17-15(7-8-15)14(19)18(13)12-5-2-6-12/h1,3-4,9,12-13,17H,2,5-8H2. The summed E-state index contributed by atoms with van der Waals surface area (Å²) in [6, 6.07) is 6.95. The maximum Gasteiger partial charge on any atom is 0.244 e. The lowest BCUT2D eigenvalue weighted by Gasteiger charge is -2.38. The first-order chi connectivity index (χ1) is 9.20. The van der Waals surface area contributed by atoms with Crippen molar-refractivity contribution in [3.8, 4) is 0 Å². The van der Waals surface area contributed by atoms with Crippen molar-refractivity contribution in [2.75, 3.05) is 0 Å². The number of hydrogen-bond acceptors (Lipinski definition) is 2. The van der Waals surface area contributed by atoms with Gasteiger partial charge in [0.2, 0.25) is 5.91 Å². The molecule has 4 rings (SSSR count). The van der Waals surface area contributed by atoms with Crippen LogP contribution in [-0.2, 0) is 4.79 Å². The average Bonchev–Trinajstić information content (AvgIpc) is 3.06. The number of halogens is 1. The van der Waals surface area contributed by atoms with Crippen LogP contribution >= 0.6 is 0 Å². The first kappa shape index (κ1) is 11.4. The Morgan fingerprint density at radius 2 is 2.11 bits per heavy atom. The zero-order chi connectivity index (χ0) is 13.0. The topological polar surface area (TPSA) is 32.3 Å². The summed E-state index contributed by atoms with van der Waals surface area (Å²) in [5, 5.41) is 3.44. The summed E-state index contributed by atoms with van der Waals surface area (Å²) in [6.07, 6.45) is 5.04. The van der Waals surface area contributed by atoms with Crippen LogP contribution in [0.1, 0.15) is 43.8 Å². The third-order valence-corrected chi connectivity index (χ3v) is 4.72. The molecule has 2 saturated carbocycles. The highest BCUT2D eigenvalue weighted by Gasteiger charge is 2.60. The van der Waals surface area contributed by atoms with Crippen molar-refractivity contribution in [3.63, 3.8) is 0 Å². The Balaban J connectivity index is 1.71. The molecular weight excluding hydrogens is 243 g/mol. The van der Waals surface area contributed by atoms with Gasteiger partial charge in [-0.05, 0) is 49.8 Å². The van der Waals surface area contributed by atoms with Crippen molar-refractivity contribution in [2.45, 2.75) is 49.9 Å². The smallest absolute Gasteiger partial charge is 0.244 e. The van der Waals surface area contributed by atoms with E-state index in [1.165, 1.54) is 18.6 Å². The fourth-order valence-electron chi connectivity index (χ4n) is 3.20. The number of carbonyl (C=O) groups excluding carboxylic acids is 1. The zero-order valence-corrected chi connectivity index (χ0v) is 10.7. The van der Waals surface area contributed by atoms with Gasteiger partial charge in [-0.1, -0.05) is 12.1 Å². The molecule has 1 spiro atoms. The Morgan fingerprint density at radius 3 is 2.68 bits per heavy atom. The fourth-order valence-corrected chi connectivity index (χ4v) is 3.20. The van der Waals surface area contributed by atoms with E-state index in [0.717, 1.165) is 31.2 Å². The maximum absolute atomic E-state index is 13.4. The largest absolute Gasteiger partial charge is 0.318 e. The van der Waals surface area contributed by atoms with Crippen LogP contribution in [0.3, 0.4) is 0 Å². The lowest BCUT2D eigenvalue weighted by molar-refractivity contribution is -0.134. The van der Waals surface area contributed by atoms with Crippen LogP contribution in [0.5, 0.6) is 0 Å². The minimum Gasteiger partial charge on any atom is -0.318 e. The molecule has 3 nitrogen and oxygen atoms in total. The molecular formula is C15H17FN2O. The number of hydrogen-bond donors (Lipinski definition) is 1. The van der Waals surface area contributed by atoms with Gasteiger partial charge in [0.25, 0.3) is 0 Å². The normalized spacial score (nSPS) is 28.8. The third kappa shape index (κ3) is 1.62. The Morgan fingerprint density at radius 1 is 1.32 bits per heavy atom. The predicted molar refractivity (Wildman–Crippen MR) is 68.7 cm³/mol. The maximum atomic E-state index is 13.4. The van der Waals surface area contributed by atoms with Gasteiger partial charge in [-0.15, -0.1) is 0 Å². The summed E-state index contributed by atoms with van der Waals surface area (Å²) in [5.41, 5.74) is 0.538. The van der Waals surface area contributed by atoms with Gasteiger partial charge in [0.15, 0.2) is 0 Å². The Kier molecular flexibility index (Phi) is 2.28. The Hall–Kier alpha value is -1.42. The quantitative estimate of drug-likeness (QED) is 0.885. The van der Waals surface area contributed by atoms with Gasteiger partial charge >= 0.3 is 0 Å². The van der Waals surface area contributed by atoms with E-state index < -0.39 is 0 Å². The Bertz CT molecular complexity index is 537. The van der Waals surface area contributed by atoms with Gasteiger partial charge in [0, 0.05) is 6.04 Å². The number of nitrogens with zero attached hydrogens (tertiary/aromatic N) is 1. The van der Waals surface area contributed by atoms with E-state index in [4.69, 9.17) is 0 Å². The molecule has 1 atom stereocenters. The Labute approximate surface area is 111 Å². The first-order valence-electron chi connectivity index (χ1n) is 7.06. The SMILES string of the molecule is O=C1N(C2CCC2)C(c2cccc(F)c2)NC12CC2. The summed E-state index contributed by atoms with van der Waals surface area (Å²) in [4.78, 5) is 14.5. The van der Waals surface area contributed by atoms with Crippen molar-refractivity contribution >= 4 is 5.91 Å². The average molecular weight is 260 g/mol. The van der Waals surface area contributed by atoms with Crippen LogP contribution in [0.4, 0.5) is 4.39 Å². The van der Waals surface area contributed by atoms with Crippen LogP contribution in [0.15, 0.2) is 24.3 Å². The molecule has 1 amide bonds. The summed E-state index contributed by atoms with van der Waals surface area (Å²) in [5.74, 6) is -0.0106. The summed E-state index contributed by atoms with van der Waals surface area (Å²) in [7, 11) is 0. The van der Waals surface area contributed by atoms with E-state index in [2.05, 4.69) is 5.32 Å². The van der Waals surface area contributed by atoms with Gasteiger partial charge in [0.05, 0.1) is 0 Å². The molecule has 19 heavy (non-hydrogen) atoms. The molecule has 3 fully saturated rings. The number of rotatable bonds is 2. The summed E-state index contributed by atoms with van der Waals surface area (Å²) >= 11 is 0. The molecule has 2 aliphatic carbocycles. The molecule has 1 aliphatic heterocycles. The van der Waals surface area contributed by atoms with E-state index in [9.17, 15) is 9.18 Å². The van der Waals surface area contributed by atoms with Crippen molar-refractivity contribution in [1.82, 2.24) is 10.2 Å². The molecule has 1 saturated heterocycles. The van der Waals surface area contributed by atoms with E-state index in [1.807, 2.05) is 11.0 Å². The molecule has 0 bridgehead atoms. The van der Waals surface area contributed by atoms with Gasteiger partial charge < -0.3 is 4.90 Å². The lowest BCUT2D eigenvalue weighted by Crippen LogP contribution is -2.44. The molecule has 100 valence electrons. The lowest BCUT2D eigenvalue weighted by atomic mass is 9.90. The number of nitrogens with one attached hydrogen (secondary N) is 1. The summed E-state index contributed by atoms with van der Waals surface area (Å²) in [6.45, 7) is 0. The van der Waals surface area contributed by atoms with E-state index in [0.29, 0.717) is 6.04 Å². The molecule has 3 aliphatic rings. The second-order valence-electron chi connectivity index (χ2n) is 5.98. The zero-order valence-electron chi connectivity index (χ0n) is 10.7. The molecule has 1 heterocycles. The predicted octanol–water partition coefficient (Wildman–Crippen LogP) is 2.34. The van der Waals surface area contributed by atoms with Gasteiger partial charge in [-0.25, -0.2) is 4.39 Å². The number of carbonyl (C=O) groups is 1. The van der Waals surface area contributed by atoms with Crippen LogP contribution in [-0.4, -0.2) is 22.4 Å². The molecule has 1 aromatic carbocycles. The highest BCUT2D eigenvalue weighted by Crippen LogP contribution is 2.48. The number of amides is 1. The molecule has 0 radical (unpaired) electrons. The van der Waals surface area contributed by atoms with Gasteiger partial charge in [0.1, 0.15) is 17.5 Å². The van der Waals surface area contributed by atoms with Gasteiger partial charge in [-0.3, -0.25) is 10.1 Å². The molecule has 4 heteroatoms. The van der Waals surface area contributed by atoms with Crippen molar-refractivity contribution < 1.29 is 9.18 Å². The minimum absolute atomic E-state index is 0.143. The van der Waals surface area contributed by atoms with Crippen LogP contribution in [0, 0.1) is 5.82 Å². The van der Waals surface area contributed by atoms with Crippen LogP contribution in [0.25, 0.3) is 0 Å². The van der Waals surface area contributed by atoms with Gasteiger partial charge in [-0.2, -0.15) is 0 Å². The van der Waals surface area contributed by atoms with Crippen molar-refractivity contribution in [3.05, 3.63) is 35.6 Å². The molecule has 1 unspecified atom stereocenters. The monoisotopic (exact) mass is 260 g/mol. The van der Waals surface area contributed by atoms with E-state index >= 15 is 0 Å². The van der Waals surface area contributed by atoms with Crippen molar-refractivity contribution in [2.24, 2.45) is 0 Å². The molecule has 1 N–H and O–H groups in total. The minimum atomic E-state index is -0.327. The highest BCUT2D eigenvalue weighted by atomic mass is 19.1. The van der Waals surface area contributed by atoms with Crippen LogP contribution < -0.4 is 5.32 Å². The van der Waals surface area contributed by atoms with E-state index in [1.54, 1.807) is 6.07 Å². The van der Waals surface area contributed by atoms with Crippen LogP contribution in [0.2, 0.25) is 0 Å². The second-order valence-corrected chi connectivity index (χ2v) is 5.98. The molecule has 1 aromatic rings. The van der Waals surface area contributed by atoms with E-state index in [-0.39, 0.29) is 23.4 Å². The number of benzene rings is 1. The molecule has 0 aromatic heterocycles. The third-order valence-electron chi connectivity index (χ3n) is 4.72. The second kappa shape index (κ2) is 3.79. The highest BCUT2D eigenvalue weighted by molar-refractivity contribution is 5.92. The fraction of sp³-hybridized carbons (Fsp3) is 0.533. The summed E-state index contributed by atoms with van der Waals surface area (Å²) < 4.78 is 13.4.